The molecular formula is C21H28N4O. The fourth-order valence-electron chi connectivity index (χ4n) is 3.57. The van der Waals surface area contributed by atoms with Crippen molar-refractivity contribution in [3.05, 3.63) is 53.5 Å². The Morgan fingerprint density at radius 1 is 1.19 bits per heavy atom. The van der Waals surface area contributed by atoms with Crippen molar-refractivity contribution < 1.29 is 4.79 Å². The first-order valence-corrected chi connectivity index (χ1v) is 9.53. The maximum absolute atomic E-state index is 12.9. The summed E-state index contributed by atoms with van der Waals surface area (Å²) >= 11 is 0. The van der Waals surface area contributed by atoms with Gasteiger partial charge in [0, 0.05) is 43.9 Å². The molecule has 2 heterocycles. The highest BCUT2D eigenvalue weighted by molar-refractivity contribution is 5.78. The van der Waals surface area contributed by atoms with Crippen LogP contribution in [0.4, 0.5) is 5.82 Å². The summed E-state index contributed by atoms with van der Waals surface area (Å²) in [5.41, 5.74) is 2.33. The summed E-state index contributed by atoms with van der Waals surface area (Å²) in [6.07, 6.45) is 4.27. The number of hydrogen-bond donors (Lipinski definition) is 0. The Labute approximate surface area is 156 Å². The fraction of sp³-hybridized carbons (Fsp3) is 0.476. The van der Waals surface area contributed by atoms with Crippen LogP contribution in [0.1, 0.15) is 43.6 Å². The maximum atomic E-state index is 12.9. The van der Waals surface area contributed by atoms with Crippen molar-refractivity contribution in [3.8, 4) is 0 Å². The molecule has 0 saturated carbocycles. The minimum Gasteiger partial charge on any atom is -0.354 e. The molecule has 2 aromatic rings. The monoisotopic (exact) mass is 352 g/mol. The van der Waals surface area contributed by atoms with Gasteiger partial charge >= 0.3 is 0 Å². The van der Waals surface area contributed by atoms with E-state index in [0.29, 0.717) is 19.5 Å². The van der Waals surface area contributed by atoms with Crippen LogP contribution in [0.25, 0.3) is 0 Å². The van der Waals surface area contributed by atoms with Crippen molar-refractivity contribution in [3.63, 3.8) is 0 Å². The van der Waals surface area contributed by atoms with Gasteiger partial charge in [0.25, 0.3) is 0 Å². The minimum absolute atomic E-state index is 0.185. The predicted octanol–water partition coefficient (Wildman–Crippen LogP) is 3.36. The van der Waals surface area contributed by atoms with Crippen molar-refractivity contribution in [2.75, 3.05) is 18.0 Å². The van der Waals surface area contributed by atoms with Gasteiger partial charge in [-0.2, -0.15) is 0 Å². The summed E-state index contributed by atoms with van der Waals surface area (Å²) in [6, 6.07) is 10.4. The number of aromatic nitrogens is 2. The normalized spacial score (nSPS) is 18.1. The molecule has 26 heavy (non-hydrogen) atoms. The summed E-state index contributed by atoms with van der Waals surface area (Å²) in [4.78, 5) is 26.2. The van der Waals surface area contributed by atoms with Gasteiger partial charge in [0.15, 0.2) is 0 Å². The molecule has 0 N–H and O–H groups in total. The first-order valence-electron chi connectivity index (χ1n) is 9.53. The van der Waals surface area contributed by atoms with Gasteiger partial charge in [-0.05, 0) is 25.3 Å². The second kappa shape index (κ2) is 8.30. The molecule has 1 unspecified atom stereocenters. The quantitative estimate of drug-likeness (QED) is 0.828. The van der Waals surface area contributed by atoms with Crippen LogP contribution in [-0.4, -0.2) is 39.9 Å². The molecule has 5 heteroatoms. The first-order chi connectivity index (χ1) is 12.6. The van der Waals surface area contributed by atoms with Crippen LogP contribution >= 0.6 is 0 Å². The second-order valence-corrected chi connectivity index (χ2v) is 6.88. The third-order valence-electron chi connectivity index (χ3n) is 5.10. The van der Waals surface area contributed by atoms with Gasteiger partial charge in [0.05, 0.1) is 0 Å². The van der Waals surface area contributed by atoms with Crippen LogP contribution in [0.5, 0.6) is 0 Å². The highest BCUT2D eigenvalue weighted by atomic mass is 16.2. The third kappa shape index (κ3) is 4.03. The van der Waals surface area contributed by atoms with Crippen LogP contribution in [0.2, 0.25) is 0 Å². The van der Waals surface area contributed by atoms with Crippen molar-refractivity contribution in [1.29, 1.82) is 0 Å². The highest BCUT2D eigenvalue weighted by Gasteiger charge is 2.30. The number of nitrogens with zero attached hydrogens (tertiary/aromatic N) is 4. The van der Waals surface area contributed by atoms with E-state index in [1.54, 1.807) is 0 Å². The zero-order valence-electron chi connectivity index (χ0n) is 16.0. The van der Waals surface area contributed by atoms with Crippen molar-refractivity contribution in [2.45, 2.75) is 52.6 Å². The molecule has 0 spiro atoms. The van der Waals surface area contributed by atoms with Crippen LogP contribution in [-0.2, 0) is 17.8 Å². The van der Waals surface area contributed by atoms with E-state index < -0.39 is 0 Å². The Hall–Kier alpha value is -2.43. The lowest BCUT2D eigenvalue weighted by atomic mass is 10.1. The predicted molar refractivity (Wildman–Crippen MR) is 104 cm³/mol. The molecule has 1 atom stereocenters. The molecule has 1 fully saturated rings. The van der Waals surface area contributed by atoms with Gasteiger partial charge in [-0.25, -0.2) is 9.97 Å². The maximum Gasteiger partial charge on any atom is 0.224 e. The van der Waals surface area contributed by atoms with Crippen molar-refractivity contribution >= 4 is 11.7 Å². The fourth-order valence-corrected chi connectivity index (χ4v) is 3.57. The zero-order chi connectivity index (χ0) is 18.5. The van der Waals surface area contributed by atoms with Gasteiger partial charge in [0.1, 0.15) is 11.6 Å². The molecular weight excluding hydrogens is 324 g/mol. The Morgan fingerprint density at radius 2 is 1.96 bits per heavy atom. The highest BCUT2D eigenvalue weighted by Crippen LogP contribution is 2.24. The standard InChI is InChI=1S/C21H28N4O/c1-4-18-13-22-16(3)23-21(18)24-12-11-20(26)25(19(5-2)15-24)14-17-9-7-6-8-10-17/h6-10,13,19H,4-5,11-12,14-15H2,1-3H3. The molecule has 1 aromatic heterocycles. The third-order valence-corrected chi connectivity index (χ3v) is 5.10. The van der Waals surface area contributed by atoms with Crippen LogP contribution in [0.3, 0.4) is 0 Å². The molecule has 1 amide bonds. The number of benzene rings is 1. The molecule has 5 nitrogen and oxygen atoms in total. The summed E-state index contributed by atoms with van der Waals surface area (Å²) in [5, 5.41) is 0. The molecule has 138 valence electrons. The Balaban J connectivity index is 1.86. The Morgan fingerprint density at radius 3 is 2.65 bits per heavy atom. The van der Waals surface area contributed by atoms with Crippen LogP contribution in [0, 0.1) is 6.92 Å². The van der Waals surface area contributed by atoms with Crippen molar-refractivity contribution in [1.82, 2.24) is 14.9 Å². The van der Waals surface area contributed by atoms with Crippen LogP contribution in [0.15, 0.2) is 36.5 Å². The summed E-state index contributed by atoms with van der Waals surface area (Å²) in [7, 11) is 0. The number of anilines is 1. The van der Waals surface area contributed by atoms with Gasteiger partial charge in [-0.15, -0.1) is 0 Å². The van der Waals surface area contributed by atoms with E-state index >= 15 is 0 Å². The Kier molecular flexibility index (Phi) is 5.86. The lowest BCUT2D eigenvalue weighted by Gasteiger charge is -2.32. The molecule has 1 saturated heterocycles. The number of hydrogen-bond acceptors (Lipinski definition) is 4. The van der Waals surface area contributed by atoms with Crippen LogP contribution < -0.4 is 4.90 Å². The second-order valence-electron chi connectivity index (χ2n) is 6.88. The number of amides is 1. The average Bonchev–Trinajstić information content (AvgIpc) is 2.82. The summed E-state index contributed by atoms with van der Waals surface area (Å²) < 4.78 is 0. The zero-order valence-corrected chi connectivity index (χ0v) is 16.0. The number of rotatable bonds is 5. The van der Waals surface area contributed by atoms with Gasteiger partial charge < -0.3 is 9.80 Å². The van der Waals surface area contributed by atoms with E-state index in [4.69, 9.17) is 4.98 Å². The van der Waals surface area contributed by atoms with E-state index in [1.807, 2.05) is 31.3 Å². The molecule has 3 rings (SSSR count). The Bertz CT molecular complexity index is 747. The SMILES string of the molecule is CCc1cnc(C)nc1N1CCC(=O)N(Cc2ccccc2)C(CC)C1. The molecule has 0 bridgehead atoms. The van der Waals surface area contributed by atoms with Gasteiger partial charge in [-0.1, -0.05) is 44.2 Å². The largest absolute Gasteiger partial charge is 0.354 e. The summed E-state index contributed by atoms with van der Waals surface area (Å²) in [5.74, 6) is 2.00. The summed E-state index contributed by atoms with van der Waals surface area (Å²) in [6.45, 7) is 8.41. The van der Waals surface area contributed by atoms with E-state index in [2.05, 4.69) is 40.8 Å². The van der Waals surface area contributed by atoms with E-state index in [9.17, 15) is 4.79 Å². The lowest BCUT2D eigenvalue weighted by molar-refractivity contribution is -0.133. The molecule has 1 aromatic carbocycles. The van der Waals surface area contributed by atoms with E-state index in [0.717, 1.165) is 36.6 Å². The minimum atomic E-state index is 0.185. The van der Waals surface area contributed by atoms with E-state index in [-0.39, 0.29) is 11.9 Å². The van der Waals surface area contributed by atoms with Gasteiger partial charge in [0.2, 0.25) is 5.91 Å². The number of carbonyl (C=O) groups excluding carboxylic acids is 1. The molecule has 1 aliphatic heterocycles. The lowest BCUT2D eigenvalue weighted by Crippen LogP contribution is -2.42. The molecule has 0 radical (unpaired) electrons. The number of aryl methyl sites for hydroxylation is 2. The topological polar surface area (TPSA) is 49.3 Å². The first kappa shape index (κ1) is 18.4. The molecule has 1 aliphatic rings. The van der Waals surface area contributed by atoms with Crippen molar-refractivity contribution in [2.24, 2.45) is 0 Å². The smallest absolute Gasteiger partial charge is 0.224 e. The molecule has 0 aliphatic carbocycles. The number of carbonyl (C=O) groups is 1. The van der Waals surface area contributed by atoms with E-state index in [1.165, 1.54) is 5.56 Å². The average molecular weight is 352 g/mol. The van der Waals surface area contributed by atoms with Gasteiger partial charge in [-0.3, -0.25) is 4.79 Å².